The van der Waals surface area contributed by atoms with Crippen LogP contribution in [-0.4, -0.2) is 52.7 Å². The highest BCUT2D eigenvalue weighted by molar-refractivity contribution is 5.44. The lowest BCUT2D eigenvalue weighted by Gasteiger charge is -2.35. The van der Waals surface area contributed by atoms with E-state index in [1.807, 2.05) is 19.2 Å². The lowest BCUT2D eigenvalue weighted by Crippen LogP contribution is -2.47. The van der Waals surface area contributed by atoms with Gasteiger partial charge in [-0.1, -0.05) is 0 Å². The van der Waals surface area contributed by atoms with Crippen LogP contribution in [0.15, 0.2) is 24.7 Å². The molecule has 2 aromatic heterocycles. The van der Waals surface area contributed by atoms with Gasteiger partial charge in [0.05, 0.1) is 11.9 Å². The highest BCUT2D eigenvalue weighted by Gasteiger charge is 2.20. The van der Waals surface area contributed by atoms with Crippen molar-refractivity contribution in [3.8, 4) is 0 Å². The van der Waals surface area contributed by atoms with Crippen molar-refractivity contribution >= 4 is 17.6 Å². The van der Waals surface area contributed by atoms with Crippen LogP contribution in [-0.2, 0) is 0 Å². The molecule has 1 aliphatic rings. The van der Waals surface area contributed by atoms with Gasteiger partial charge in [0, 0.05) is 45.1 Å². The lowest BCUT2D eigenvalue weighted by atomic mass is 10.3. The number of nitrogens with zero attached hydrogens (tertiary/aromatic N) is 6. The molecule has 0 amide bonds. The monoisotopic (exact) mass is 299 g/mol. The zero-order valence-corrected chi connectivity index (χ0v) is 13.0. The molecule has 0 aromatic carbocycles. The Morgan fingerprint density at radius 2 is 1.86 bits per heavy atom. The molecule has 1 fully saturated rings. The number of anilines is 3. The molecule has 0 atom stereocenters. The van der Waals surface area contributed by atoms with Gasteiger partial charge in [0.25, 0.3) is 0 Å². The molecule has 1 aliphatic heterocycles. The van der Waals surface area contributed by atoms with E-state index in [0.717, 1.165) is 56.0 Å². The SMILES string of the molecule is CCNc1ccnc(N2CCN(c3cncc(C)n3)CC2)n1. The average Bonchev–Trinajstić information content (AvgIpc) is 2.56. The van der Waals surface area contributed by atoms with E-state index >= 15 is 0 Å². The Balaban J connectivity index is 1.65. The molecule has 3 rings (SSSR count). The first-order valence-electron chi connectivity index (χ1n) is 7.61. The van der Waals surface area contributed by atoms with E-state index in [2.05, 4.69) is 42.0 Å². The second-order valence-electron chi connectivity index (χ2n) is 5.26. The summed E-state index contributed by atoms with van der Waals surface area (Å²) in [4.78, 5) is 22.2. The second-order valence-corrected chi connectivity index (χ2v) is 5.26. The number of aryl methyl sites for hydroxylation is 1. The first-order valence-corrected chi connectivity index (χ1v) is 7.61. The zero-order chi connectivity index (χ0) is 15.4. The molecule has 0 saturated carbocycles. The second kappa shape index (κ2) is 6.55. The summed E-state index contributed by atoms with van der Waals surface area (Å²) >= 11 is 0. The van der Waals surface area contributed by atoms with Crippen LogP contribution in [0, 0.1) is 6.92 Å². The number of aromatic nitrogens is 4. The van der Waals surface area contributed by atoms with Crippen LogP contribution in [0.4, 0.5) is 17.6 Å². The van der Waals surface area contributed by atoms with E-state index in [0.29, 0.717) is 0 Å². The van der Waals surface area contributed by atoms with E-state index < -0.39 is 0 Å². The Morgan fingerprint density at radius 1 is 1.09 bits per heavy atom. The molecule has 7 nitrogen and oxygen atoms in total. The Kier molecular flexibility index (Phi) is 4.32. The maximum absolute atomic E-state index is 4.56. The molecule has 22 heavy (non-hydrogen) atoms. The molecular weight excluding hydrogens is 278 g/mol. The van der Waals surface area contributed by atoms with Gasteiger partial charge >= 0.3 is 0 Å². The Labute approximate surface area is 130 Å². The predicted molar refractivity (Wildman–Crippen MR) is 87.4 cm³/mol. The topological polar surface area (TPSA) is 70.1 Å². The summed E-state index contributed by atoms with van der Waals surface area (Å²) in [5, 5.41) is 3.22. The molecule has 0 bridgehead atoms. The highest BCUT2D eigenvalue weighted by atomic mass is 15.3. The van der Waals surface area contributed by atoms with Crippen molar-refractivity contribution in [1.82, 2.24) is 19.9 Å². The molecule has 1 N–H and O–H groups in total. The lowest BCUT2D eigenvalue weighted by molar-refractivity contribution is 0.633. The van der Waals surface area contributed by atoms with Crippen LogP contribution in [0.3, 0.4) is 0 Å². The quantitative estimate of drug-likeness (QED) is 0.913. The van der Waals surface area contributed by atoms with Gasteiger partial charge in [-0.3, -0.25) is 4.98 Å². The molecule has 3 heterocycles. The number of hydrogen-bond acceptors (Lipinski definition) is 7. The smallest absolute Gasteiger partial charge is 0.227 e. The third kappa shape index (κ3) is 3.24. The van der Waals surface area contributed by atoms with E-state index in [-0.39, 0.29) is 0 Å². The fraction of sp³-hybridized carbons (Fsp3) is 0.467. The summed E-state index contributed by atoms with van der Waals surface area (Å²) in [5.41, 5.74) is 0.946. The molecule has 0 spiro atoms. The van der Waals surface area contributed by atoms with E-state index in [9.17, 15) is 0 Å². The average molecular weight is 299 g/mol. The molecule has 0 unspecified atom stereocenters. The van der Waals surface area contributed by atoms with Crippen LogP contribution in [0.2, 0.25) is 0 Å². The van der Waals surface area contributed by atoms with Crippen LogP contribution in [0.25, 0.3) is 0 Å². The van der Waals surface area contributed by atoms with E-state index in [4.69, 9.17) is 0 Å². The largest absolute Gasteiger partial charge is 0.370 e. The first-order chi connectivity index (χ1) is 10.8. The minimum Gasteiger partial charge on any atom is -0.370 e. The van der Waals surface area contributed by atoms with Gasteiger partial charge in [0.1, 0.15) is 11.6 Å². The summed E-state index contributed by atoms with van der Waals surface area (Å²) in [5.74, 6) is 2.61. The van der Waals surface area contributed by atoms with Crippen molar-refractivity contribution in [2.75, 3.05) is 47.8 Å². The van der Waals surface area contributed by atoms with Crippen LogP contribution < -0.4 is 15.1 Å². The van der Waals surface area contributed by atoms with Crippen LogP contribution in [0.1, 0.15) is 12.6 Å². The van der Waals surface area contributed by atoms with Crippen molar-refractivity contribution in [1.29, 1.82) is 0 Å². The van der Waals surface area contributed by atoms with Crippen molar-refractivity contribution in [3.05, 3.63) is 30.4 Å². The molecule has 7 heteroatoms. The molecule has 2 aromatic rings. The number of nitrogens with one attached hydrogen (secondary N) is 1. The van der Waals surface area contributed by atoms with Crippen LogP contribution >= 0.6 is 0 Å². The third-order valence-corrected chi connectivity index (χ3v) is 3.63. The predicted octanol–water partition coefficient (Wildman–Crippen LogP) is 1.33. The molecule has 1 saturated heterocycles. The van der Waals surface area contributed by atoms with Crippen LogP contribution in [0.5, 0.6) is 0 Å². The Morgan fingerprint density at radius 3 is 2.59 bits per heavy atom. The summed E-state index contributed by atoms with van der Waals surface area (Å²) in [7, 11) is 0. The van der Waals surface area contributed by atoms with Gasteiger partial charge in [0.15, 0.2) is 0 Å². The fourth-order valence-corrected chi connectivity index (χ4v) is 2.52. The van der Waals surface area contributed by atoms with E-state index in [1.165, 1.54) is 0 Å². The van der Waals surface area contributed by atoms with Gasteiger partial charge in [-0.25, -0.2) is 9.97 Å². The van der Waals surface area contributed by atoms with Gasteiger partial charge in [0.2, 0.25) is 5.95 Å². The maximum Gasteiger partial charge on any atom is 0.227 e. The number of hydrogen-bond donors (Lipinski definition) is 1. The van der Waals surface area contributed by atoms with E-state index in [1.54, 1.807) is 12.4 Å². The fourth-order valence-electron chi connectivity index (χ4n) is 2.52. The third-order valence-electron chi connectivity index (χ3n) is 3.63. The van der Waals surface area contributed by atoms with Crippen molar-refractivity contribution < 1.29 is 0 Å². The minimum absolute atomic E-state index is 0.786. The number of rotatable bonds is 4. The molecule has 116 valence electrons. The highest BCUT2D eigenvalue weighted by Crippen LogP contribution is 2.17. The number of piperazine rings is 1. The molecule has 0 radical (unpaired) electrons. The van der Waals surface area contributed by atoms with Gasteiger partial charge < -0.3 is 15.1 Å². The summed E-state index contributed by atoms with van der Waals surface area (Å²) < 4.78 is 0. The Hall–Kier alpha value is -2.44. The van der Waals surface area contributed by atoms with Gasteiger partial charge in [-0.05, 0) is 19.9 Å². The summed E-state index contributed by atoms with van der Waals surface area (Å²) in [6, 6.07) is 1.89. The van der Waals surface area contributed by atoms with Crippen molar-refractivity contribution in [2.24, 2.45) is 0 Å². The van der Waals surface area contributed by atoms with Gasteiger partial charge in [-0.2, -0.15) is 4.98 Å². The summed E-state index contributed by atoms with van der Waals surface area (Å²) in [6.45, 7) is 8.43. The Bertz CT molecular complexity index is 623. The normalized spacial score (nSPS) is 15.0. The standard InChI is InChI=1S/C15H21N7/c1-3-17-13-4-5-18-15(20-13)22-8-6-21(7-9-22)14-11-16-10-12(2)19-14/h4-5,10-11H,3,6-9H2,1-2H3,(H,17,18,20). The van der Waals surface area contributed by atoms with Crippen molar-refractivity contribution in [3.63, 3.8) is 0 Å². The van der Waals surface area contributed by atoms with Crippen molar-refractivity contribution in [2.45, 2.75) is 13.8 Å². The summed E-state index contributed by atoms with van der Waals surface area (Å²) in [6.07, 6.45) is 5.41. The first kappa shape index (κ1) is 14.5. The zero-order valence-electron chi connectivity index (χ0n) is 13.0. The van der Waals surface area contributed by atoms with Gasteiger partial charge in [-0.15, -0.1) is 0 Å². The molecular formula is C15H21N7. The molecule has 0 aliphatic carbocycles. The maximum atomic E-state index is 4.56. The minimum atomic E-state index is 0.786.